The zero-order chi connectivity index (χ0) is 18.0. The molecule has 2 aromatic rings. The molecule has 2 heterocycles. The van der Waals surface area contributed by atoms with Crippen LogP contribution in [0.5, 0.6) is 11.6 Å². The van der Waals surface area contributed by atoms with Gasteiger partial charge in [0.2, 0.25) is 5.88 Å². The number of nitro groups is 1. The van der Waals surface area contributed by atoms with E-state index in [-0.39, 0.29) is 22.7 Å². The van der Waals surface area contributed by atoms with Gasteiger partial charge in [-0.05, 0) is 35.5 Å². The van der Waals surface area contributed by atoms with E-state index in [1.54, 1.807) is 30.3 Å². The Hall–Kier alpha value is -3.20. The first-order valence-corrected chi connectivity index (χ1v) is 7.85. The molecule has 9 heteroatoms. The second-order valence-corrected chi connectivity index (χ2v) is 6.02. The fourth-order valence-corrected chi connectivity index (χ4v) is 2.82. The quantitative estimate of drug-likeness (QED) is 0.469. The minimum absolute atomic E-state index is 0.118. The molecular weight excluding hydrogens is 346 g/mol. The molecule has 0 aliphatic carbocycles. The molecule has 0 unspecified atom stereocenters. The van der Waals surface area contributed by atoms with E-state index >= 15 is 0 Å². The third-order valence-corrected chi connectivity index (χ3v) is 4.28. The summed E-state index contributed by atoms with van der Waals surface area (Å²) in [5.41, 5.74) is 0.621. The van der Waals surface area contributed by atoms with E-state index in [1.807, 2.05) is 0 Å². The van der Waals surface area contributed by atoms with E-state index in [1.165, 1.54) is 19.2 Å². The molecule has 1 saturated heterocycles. The molecule has 8 nitrogen and oxygen atoms in total. The van der Waals surface area contributed by atoms with Gasteiger partial charge in [-0.25, -0.2) is 4.98 Å². The van der Waals surface area contributed by atoms with Crippen molar-refractivity contribution in [2.24, 2.45) is 0 Å². The summed E-state index contributed by atoms with van der Waals surface area (Å²) in [5.74, 6) is 0.387. The highest BCUT2D eigenvalue weighted by atomic mass is 32.2. The first-order chi connectivity index (χ1) is 11.9. The SMILES string of the molecule is CN1C(=O)S/C(=C\c2ccc(Oc3ccc([N+](=O)[O-])cn3)cc2)C1=O. The van der Waals surface area contributed by atoms with Crippen LogP contribution in [0.15, 0.2) is 47.5 Å². The standard InChI is InChI=1S/C16H11N3O5S/c1-18-15(20)13(25-16(18)21)8-10-2-5-12(6-3-10)24-14-7-4-11(9-17-14)19(22)23/h2-9H,1H3/b13-8-. The van der Waals surface area contributed by atoms with Crippen LogP contribution in [0.3, 0.4) is 0 Å². The lowest BCUT2D eigenvalue weighted by Crippen LogP contribution is -2.22. The maximum atomic E-state index is 11.8. The molecule has 1 aromatic carbocycles. The first-order valence-electron chi connectivity index (χ1n) is 7.04. The number of carbonyl (C=O) groups is 2. The van der Waals surface area contributed by atoms with Gasteiger partial charge in [-0.3, -0.25) is 24.6 Å². The van der Waals surface area contributed by atoms with E-state index in [0.29, 0.717) is 10.7 Å². The van der Waals surface area contributed by atoms with Crippen LogP contribution >= 0.6 is 11.8 Å². The normalized spacial score (nSPS) is 15.7. The largest absolute Gasteiger partial charge is 0.439 e. The van der Waals surface area contributed by atoms with Crippen molar-refractivity contribution in [1.29, 1.82) is 0 Å². The van der Waals surface area contributed by atoms with Crippen LogP contribution in [0.2, 0.25) is 0 Å². The van der Waals surface area contributed by atoms with Gasteiger partial charge in [0.15, 0.2) is 0 Å². The maximum Gasteiger partial charge on any atom is 0.293 e. The van der Waals surface area contributed by atoms with E-state index in [4.69, 9.17) is 4.74 Å². The Kier molecular flexibility index (Phi) is 4.48. The minimum atomic E-state index is -0.538. The summed E-state index contributed by atoms with van der Waals surface area (Å²) >= 11 is 0.889. The Morgan fingerprint density at radius 2 is 1.92 bits per heavy atom. The van der Waals surface area contributed by atoms with Crippen LogP contribution in [0.4, 0.5) is 10.5 Å². The molecule has 0 spiro atoms. The summed E-state index contributed by atoms with van der Waals surface area (Å²) in [7, 11) is 1.44. The summed E-state index contributed by atoms with van der Waals surface area (Å²) in [5, 5.41) is 10.3. The zero-order valence-electron chi connectivity index (χ0n) is 12.9. The summed E-state index contributed by atoms with van der Waals surface area (Å²) in [6.07, 6.45) is 2.74. The average molecular weight is 357 g/mol. The van der Waals surface area contributed by atoms with Gasteiger partial charge in [0, 0.05) is 19.2 Å². The minimum Gasteiger partial charge on any atom is -0.439 e. The number of hydrogen-bond acceptors (Lipinski definition) is 7. The maximum absolute atomic E-state index is 11.8. The van der Waals surface area contributed by atoms with Crippen LogP contribution in [0.25, 0.3) is 6.08 Å². The smallest absolute Gasteiger partial charge is 0.293 e. The fourth-order valence-electron chi connectivity index (χ4n) is 1.99. The van der Waals surface area contributed by atoms with Crippen LogP contribution in [0.1, 0.15) is 5.56 Å². The fraction of sp³-hybridized carbons (Fsp3) is 0.0625. The molecule has 0 radical (unpaired) electrons. The van der Waals surface area contributed by atoms with Crippen molar-refractivity contribution in [2.75, 3.05) is 7.05 Å². The summed E-state index contributed by atoms with van der Waals surface area (Å²) in [6, 6.07) is 9.51. The molecule has 2 amide bonds. The van der Waals surface area contributed by atoms with Gasteiger partial charge in [-0.2, -0.15) is 0 Å². The Morgan fingerprint density at radius 1 is 1.20 bits per heavy atom. The average Bonchev–Trinajstić information content (AvgIpc) is 2.84. The number of amides is 2. The van der Waals surface area contributed by atoms with Crippen molar-refractivity contribution in [3.8, 4) is 11.6 Å². The Morgan fingerprint density at radius 3 is 2.44 bits per heavy atom. The molecule has 0 atom stereocenters. The molecule has 1 aliphatic heterocycles. The molecule has 1 aliphatic rings. The van der Waals surface area contributed by atoms with Gasteiger partial charge in [0.1, 0.15) is 11.9 Å². The molecule has 126 valence electrons. The van der Waals surface area contributed by atoms with E-state index in [0.717, 1.165) is 28.4 Å². The number of benzene rings is 1. The molecule has 0 bridgehead atoms. The predicted octanol–water partition coefficient (Wildman–Crippen LogP) is 3.45. The van der Waals surface area contributed by atoms with E-state index < -0.39 is 4.92 Å². The third kappa shape index (κ3) is 3.66. The highest BCUT2D eigenvalue weighted by Gasteiger charge is 2.31. The number of aromatic nitrogens is 1. The Labute approximate surface area is 146 Å². The summed E-state index contributed by atoms with van der Waals surface area (Å²) in [6.45, 7) is 0. The molecular formula is C16H11N3O5S. The van der Waals surface area contributed by atoms with Crippen LogP contribution < -0.4 is 4.74 Å². The summed E-state index contributed by atoms with van der Waals surface area (Å²) < 4.78 is 5.50. The molecule has 25 heavy (non-hydrogen) atoms. The van der Waals surface area contributed by atoms with Gasteiger partial charge in [-0.1, -0.05) is 12.1 Å². The Balaban J connectivity index is 1.71. The van der Waals surface area contributed by atoms with E-state index in [2.05, 4.69) is 4.98 Å². The van der Waals surface area contributed by atoms with Crippen molar-refractivity contribution in [3.63, 3.8) is 0 Å². The van der Waals surface area contributed by atoms with Gasteiger partial charge in [0.25, 0.3) is 16.8 Å². The molecule has 1 fully saturated rings. The highest BCUT2D eigenvalue weighted by Crippen LogP contribution is 2.31. The van der Waals surface area contributed by atoms with Crippen molar-refractivity contribution >= 4 is 34.7 Å². The van der Waals surface area contributed by atoms with Crippen LogP contribution in [-0.4, -0.2) is 33.0 Å². The number of carbonyl (C=O) groups excluding carboxylic acids is 2. The lowest BCUT2D eigenvalue weighted by atomic mass is 10.2. The van der Waals surface area contributed by atoms with Gasteiger partial charge >= 0.3 is 0 Å². The highest BCUT2D eigenvalue weighted by molar-refractivity contribution is 8.18. The second-order valence-electron chi connectivity index (χ2n) is 5.02. The van der Waals surface area contributed by atoms with Crippen LogP contribution in [-0.2, 0) is 4.79 Å². The topological polar surface area (TPSA) is 103 Å². The molecule has 0 saturated carbocycles. The molecule has 1 aromatic heterocycles. The first kappa shape index (κ1) is 16.7. The summed E-state index contributed by atoms with van der Waals surface area (Å²) in [4.78, 5) is 38.6. The zero-order valence-corrected chi connectivity index (χ0v) is 13.7. The molecule has 3 rings (SSSR count). The Bertz CT molecular complexity index is 878. The number of hydrogen-bond donors (Lipinski definition) is 0. The monoisotopic (exact) mass is 357 g/mol. The van der Waals surface area contributed by atoms with Gasteiger partial charge in [-0.15, -0.1) is 0 Å². The third-order valence-electron chi connectivity index (χ3n) is 3.32. The van der Waals surface area contributed by atoms with Crippen molar-refractivity contribution < 1.29 is 19.2 Å². The number of pyridine rings is 1. The van der Waals surface area contributed by atoms with Gasteiger partial charge < -0.3 is 4.74 Å². The second kappa shape index (κ2) is 6.73. The van der Waals surface area contributed by atoms with Crippen molar-refractivity contribution in [3.05, 3.63) is 63.2 Å². The van der Waals surface area contributed by atoms with Crippen molar-refractivity contribution in [2.45, 2.75) is 0 Å². The number of rotatable bonds is 4. The number of imide groups is 1. The molecule has 0 N–H and O–H groups in total. The number of thioether (sulfide) groups is 1. The number of likely N-dealkylation sites (N-methyl/N-ethyl adjacent to an activating group) is 1. The predicted molar refractivity (Wildman–Crippen MR) is 91.1 cm³/mol. The number of ether oxygens (including phenoxy) is 1. The number of nitrogens with zero attached hydrogens (tertiary/aromatic N) is 3. The lowest BCUT2D eigenvalue weighted by molar-refractivity contribution is -0.385. The lowest BCUT2D eigenvalue weighted by Gasteiger charge is -2.05. The van der Waals surface area contributed by atoms with Crippen LogP contribution in [0, 0.1) is 10.1 Å². The van der Waals surface area contributed by atoms with Crippen molar-refractivity contribution in [1.82, 2.24) is 9.88 Å². The van der Waals surface area contributed by atoms with E-state index in [9.17, 15) is 19.7 Å². The van der Waals surface area contributed by atoms with Gasteiger partial charge in [0.05, 0.1) is 9.83 Å².